The summed E-state index contributed by atoms with van der Waals surface area (Å²) in [5.41, 5.74) is 0. The second kappa shape index (κ2) is 11.4. The third-order valence-corrected chi connectivity index (χ3v) is 0.861. The van der Waals surface area contributed by atoms with Gasteiger partial charge in [-0.25, -0.2) is 0 Å². The highest BCUT2D eigenvalue weighted by Crippen LogP contribution is 1.79. The highest BCUT2D eigenvalue weighted by Gasteiger charge is 1.94. The van der Waals surface area contributed by atoms with E-state index in [1.54, 1.807) is 12.2 Å². The monoisotopic (exact) mass is 200 g/mol. The molecule has 0 aromatic heterocycles. The van der Waals surface area contributed by atoms with Gasteiger partial charge in [0.2, 0.25) is 0 Å². The molecule has 0 fully saturated rings. The third-order valence-electron chi connectivity index (χ3n) is 0.861. The zero-order chi connectivity index (χ0) is 11.4. The summed E-state index contributed by atoms with van der Waals surface area (Å²) in [6.45, 7) is 9.59. The van der Waals surface area contributed by atoms with Crippen LogP contribution in [0, 0.1) is 0 Å². The van der Waals surface area contributed by atoms with Gasteiger partial charge in [0.1, 0.15) is 13.2 Å². The number of hydrogen-bond donors (Lipinski definition) is 0. The van der Waals surface area contributed by atoms with Crippen LogP contribution < -0.4 is 0 Å². The van der Waals surface area contributed by atoms with Crippen molar-refractivity contribution in [1.82, 2.24) is 0 Å². The zero-order valence-corrected chi connectivity index (χ0v) is 8.62. The van der Waals surface area contributed by atoms with Gasteiger partial charge in [0.05, 0.1) is 0 Å². The van der Waals surface area contributed by atoms with Gasteiger partial charge in [0.25, 0.3) is 0 Å². The van der Waals surface area contributed by atoms with Gasteiger partial charge in [0, 0.05) is 13.8 Å². The molecule has 80 valence electrons. The van der Waals surface area contributed by atoms with Crippen molar-refractivity contribution in [1.29, 1.82) is 0 Å². The molecule has 0 rings (SSSR count). The minimum Gasteiger partial charge on any atom is -0.462 e. The summed E-state index contributed by atoms with van der Waals surface area (Å²) < 4.78 is 8.95. The minimum atomic E-state index is -0.368. The lowest BCUT2D eigenvalue weighted by atomic mass is 10.6. The van der Waals surface area contributed by atoms with Crippen LogP contribution in [0.15, 0.2) is 25.3 Å². The fourth-order valence-electron chi connectivity index (χ4n) is 0.371. The van der Waals surface area contributed by atoms with Gasteiger partial charge in [-0.15, -0.1) is 0 Å². The summed E-state index contributed by atoms with van der Waals surface area (Å²) in [6.07, 6.45) is 3.28. The van der Waals surface area contributed by atoms with Gasteiger partial charge in [0.15, 0.2) is 0 Å². The quantitative estimate of drug-likeness (QED) is 0.392. The molecule has 4 heteroatoms. The first-order valence-electron chi connectivity index (χ1n) is 4.04. The average Bonchev–Trinajstić information content (AvgIpc) is 2.12. The Hall–Kier alpha value is -1.58. The molecule has 0 radical (unpaired) electrons. The van der Waals surface area contributed by atoms with Gasteiger partial charge < -0.3 is 9.47 Å². The van der Waals surface area contributed by atoms with Crippen LogP contribution in [-0.2, 0) is 19.1 Å². The number of carbonyl (C=O) groups excluding carboxylic acids is 2. The van der Waals surface area contributed by atoms with Gasteiger partial charge in [-0.1, -0.05) is 25.3 Å². The largest absolute Gasteiger partial charge is 0.462 e. The second-order valence-electron chi connectivity index (χ2n) is 2.15. The SMILES string of the molecule is C=CC=C.CC(=O)OCCOC(C)=O. The lowest BCUT2D eigenvalue weighted by molar-refractivity contribution is -0.149. The number of rotatable bonds is 4. The predicted molar refractivity (Wildman–Crippen MR) is 53.7 cm³/mol. The molecule has 0 aliphatic rings. The van der Waals surface area contributed by atoms with Crippen LogP contribution in [0.2, 0.25) is 0 Å². The van der Waals surface area contributed by atoms with Crippen molar-refractivity contribution in [2.45, 2.75) is 13.8 Å². The van der Waals surface area contributed by atoms with Crippen LogP contribution in [0.4, 0.5) is 0 Å². The molecule has 0 amide bonds. The maximum Gasteiger partial charge on any atom is 0.302 e. The van der Waals surface area contributed by atoms with Crippen LogP contribution in [0.25, 0.3) is 0 Å². The Kier molecular flexibility index (Phi) is 12.2. The smallest absolute Gasteiger partial charge is 0.302 e. The summed E-state index contributed by atoms with van der Waals surface area (Å²) in [5, 5.41) is 0. The number of esters is 2. The van der Waals surface area contributed by atoms with E-state index < -0.39 is 0 Å². The second-order valence-corrected chi connectivity index (χ2v) is 2.15. The molecule has 0 atom stereocenters. The normalized spacial score (nSPS) is 7.57. The van der Waals surface area contributed by atoms with E-state index in [1.807, 2.05) is 0 Å². The van der Waals surface area contributed by atoms with Crippen molar-refractivity contribution in [3.05, 3.63) is 25.3 Å². The molecule has 0 unspecified atom stereocenters. The number of carbonyl (C=O) groups is 2. The first-order chi connectivity index (χ1) is 6.54. The standard InChI is InChI=1S/C6H10O4.C4H6/c1-5(7)9-3-4-10-6(2)8;1-3-4-2/h3-4H2,1-2H3;3-4H,1-2H2. The molecule has 0 aromatic rings. The Labute approximate surface area is 84.2 Å². The van der Waals surface area contributed by atoms with Crippen LogP contribution in [0.1, 0.15) is 13.8 Å². The summed E-state index contributed by atoms with van der Waals surface area (Å²) >= 11 is 0. The molecule has 0 aromatic carbocycles. The fraction of sp³-hybridized carbons (Fsp3) is 0.400. The molecule has 0 spiro atoms. The van der Waals surface area contributed by atoms with Crippen LogP contribution in [-0.4, -0.2) is 25.2 Å². The van der Waals surface area contributed by atoms with Crippen molar-refractivity contribution in [3.8, 4) is 0 Å². The first-order valence-corrected chi connectivity index (χ1v) is 4.04. The van der Waals surface area contributed by atoms with Crippen molar-refractivity contribution >= 4 is 11.9 Å². The van der Waals surface area contributed by atoms with Crippen LogP contribution >= 0.6 is 0 Å². The van der Waals surface area contributed by atoms with E-state index in [1.165, 1.54) is 13.8 Å². The Morgan fingerprint density at radius 1 is 1.00 bits per heavy atom. The summed E-state index contributed by atoms with van der Waals surface area (Å²) in [5.74, 6) is -0.737. The van der Waals surface area contributed by atoms with Gasteiger partial charge in [-0.3, -0.25) is 9.59 Å². The maximum atomic E-state index is 10.1. The van der Waals surface area contributed by atoms with E-state index >= 15 is 0 Å². The van der Waals surface area contributed by atoms with E-state index in [9.17, 15) is 9.59 Å². The number of ether oxygens (including phenoxy) is 2. The van der Waals surface area contributed by atoms with Crippen LogP contribution in [0.3, 0.4) is 0 Å². The Morgan fingerprint density at radius 2 is 1.29 bits per heavy atom. The van der Waals surface area contributed by atoms with E-state index in [-0.39, 0.29) is 25.2 Å². The lowest BCUT2D eigenvalue weighted by Crippen LogP contribution is -2.09. The summed E-state index contributed by atoms with van der Waals surface area (Å²) in [7, 11) is 0. The topological polar surface area (TPSA) is 52.6 Å². The molecule has 0 aliphatic carbocycles. The highest BCUT2D eigenvalue weighted by molar-refractivity contribution is 5.66. The lowest BCUT2D eigenvalue weighted by Gasteiger charge is -2.00. The van der Waals surface area contributed by atoms with Crippen molar-refractivity contribution in [2.75, 3.05) is 13.2 Å². The molecule has 4 nitrogen and oxygen atoms in total. The predicted octanol–water partition coefficient (Wildman–Crippen LogP) is 1.47. The summed E-state index contributed by atoms with van der Waals surface area (Å²) in [6, 6.07) is 0. The van der Waals surface area contributed by atoms with Crippen molar-refractivity contribution < 1.29 is 19.1 Å². The molecular weight excluding hydrogens is 184 g/mol. The Bertz CT molecular complexity index is 174. The van der Waals surface area contributed by atoms with E-state index in [0.29, 0.717) is 0 Å². The molecule has 0 aliphatic heterocycles. The first kappa shape index (κ1) is 14.9. The number of allylic oxidation sites excluding steroid dienone is 2. The Balaban J connectivity index is 0. The van der Waals surface area contributed by atoms with Gasteiger partial charge in [-0.2, -0.15) is 0 Å². The molecule has 0 heterocycles. The van der Waals surface area contributed by atoms with Crippen molar-refractivity contribution in [3.63, 3.8) is 0 Å². The van der Waals surface area contributed by atoms with E-state index in [0.717, 1.165) is 0 Å². The number of hydrogen-bond acceptors (Lipinski definition) is 4. The summed E-state index contributed by atoms with van der Waals surface area (Å²) in [4.78, 5) is 20.3. The molecule has 0 saturated heterocycles. The minimum absolute atomic E-state index is 0.134. The van der Waals surface area contributed by atoms with E-state index in [4.69, 9.17) is 0 Å². The Morgan fingerprint density at radius 3 is 1.43 bits per heavy atom. The molecular formula is C10H16O4. The molecule has 0 bridgehead atoms. The maximum absolute atomic E-state index is 10.1. The van der Waals surface area contributed by atoms with Crippen LogP contribution in [0.5, 0.6) is 0 Å². The van der Waals surface area contributed by atoms with E-state index in [2.05, 4.69) is 22.6 Å². The average molecular weight is 200 g/mol. The molecule has 0 saturated carbocycles. The fourth-order valence-corrected chi connectivity index (χ4v) is 0.371. The molecule has 14 heavy (non-hydrogen) atoms. The van der Waals surface area contributed by atoms with Crippen molar-refractivity contribution in [2.24, 2.45) is 0 Å². The zero-order valence-electron chi connectivity index (χ0n) is 8.62. The third kappa shape index (κ3) is 22.4. The molecule has 0 N–H and O–H groups in total. The highest BCUT2D eigenvalue weighted by atomic mass is 16.6. The van der Waals surface area contributed by atoms with Gasteiger partial charge in [-0.05, 0) is 0 Å². The van der Waals surface area contributed by atoms with Gasteiger partial charge >= 0.3 is 11.9 Å².